The monoisotopic (exact) mass is 432 g/mol. The summed E-state index contributed by atoms with van der Waals surface area (Å²) >= 11 is 0. The van der Waals surface area contributed by atoms with E-state index in [9.17, 15) is 9.59 Å². The van der Waals surface area contributed by atoms with Crippen molar-refractivity contribution in [2.45, 2.75) is 31.0 Å². The second kappa shape index (κ2) is 8.07. The van der Waals surface area contributed by atoms with Gasteiger partial charge in [0.2, 0.25) is 0 Å². The van der Waals surface area contributed by atoms with Gasteiger partial charge in [-0.1, -0.05) is 30.3 Å². The smallest absolute Gasteiger partial charge is 0.411 e. The van der Waals surface area contributed by atoms with Gasteiger partial charge in [0.05, 0.1) is 13.4 Å². The Morgan fingerprint density at radius 1 is 1.09 bits per heavy atom. The van der Waals surface area contributed by atoms with Crippen LogP contribution in [0.25, 0.3) is 0 Å². The summed E-state index contributed by atoms with van der Waals surface area (Å²) in [5, 5.41) is 0. The lowest BCUT2D eigenvalue weighted by Crippen LogP contribution is -2.74. The minimum Gasteiger partial charge on any atom is -0.497 e. The van der Waals surface area contributed by atoms with Crippen molar-refractivity contribution < 1.29 is 23.5 Å². The molecule has 2 aliphatic rings. The van der Waals surface area contributed by atoms with Crippen molar-refractivity contribution in [3.63, 3.8) is 0 Å². The van der Waals surface area contributed by atoms with E-state index in [1.54, 1.807) is 29.2 Å². The summed E-state index contributed by atoms with van der Waals surface area (Å²) in [7, 11) is 1.60. The van der Waals surface area contributed by atoms with Crippen LogP contribution in [0.4, 0.5) is 10.5 Å². The normalized spacial score (nSPS) is 22.2. The number of furan rings is 1. The minimum atomic E-state index is -1.01. The summed E-state index contributed by atoms with van der Waals surface area (Å²) < 4.78 is 16.6. The largest absolute Gasteiger partial charge is 0.497 e. The third-order valence-corrected chi connectivity index (χ3v) is 6.31. The van der Waals surface area contributed by atoms with Gasteiger partial charge in [0.15, 0.2) is 5.54 Å². The number of nitrogens with zero attached hydrogens (tertiary/aromatic N) is 2. The molecular formula is C25H24N2O5. The summed E-state index contributed by atoms with van der Waals surface area (Å²) in [4.78, 5) is 30.0. The number of anilines is 1. The molecule has 2 atom stereocenters. The fourth-order valence-corrected chi connectivity index (χ4v) is 4.81. The lowest BCUT2D eigenvalue weighted by molar-refractivity contribution is -0.141. The molecule has 7 nitrogen and oxygen atoms in total. The molecule has 0 radical (unpaired) electrons. The first-order valence-corrected chi connectivity index (χ1v) is 10.6. The second-order valence-corrected chi connectivity index (χ2v) is 8.01. The van der Waals surface area contributed by atoms with Gasteiger partial charge in [-0.25, -0.2) is 4.79 Å². The van der Waals surface area contributed by atoms with Gasteiger partial charge in [-0.05, 0) is 54.8 Å². The molecule has 32 heavy (non-hydrogen) atoms. The van der Waals surface area contributed by atoms with E-state index in [0.717, 1.165) is 17.7 Å². The highest BCUT2D eigenvalue weighted by molar-refractivity contribution is 6.10. The summed E-state index contributed by atoms with van der Waals surface area (Å²) in [5.74, 6) is 1.22. The van der Waals surface area contributed by atoms with Crippen molar-refractivity contribution in [2.24, 2.45) is 0 Å². The molecule has 5 rings (SSSR count). The Morgan fingerprint density at radius 3 is 2.56 bits per heavy atom. The number of amides is 2. The van der Waals surface area contributed by atoms with Crippen molar-refractivity contribution in [3.05, 3.63) is 84.3 Å². The van der Waals surface area contributed by atoms with Crippen molar-refractivity contribution in [2.75, 3.05) is 18.6 Å². The Labute approximate surface area is 186 Å². The maximum atomic E-state index is 13.6. The molecular weight excluding hydrogens is 408 g/mol. The standard InChI is InChI=1S/C25H24N2O5/c1-30-20-12-10-19(11-13-20)27-22(21-9-5-16-31-21)25(23(27)28)14-6-15-26(25)24(29)32-17-18-7-3-2-4-8-18/h2-5,7-13,16,22H,6,14-15,17H2,1H3/t22-,25+/m1/s1. The maximum Gasteiger partial charge on any atom is 0.411 e. The average Bonchev–Trinajstić information content (AvgIpc) is 3.53. The van der Waals surface area contributed by atoms with Gasteiger partial charge in [0.25, 0.3) is 5.91 Å². The summed E-state index contributed by atoms with van der Waals surface area (Å²) in [6, 6.07) is 20.0. The van der Waals surface area contributed by atoms with Crippen molar-refractivity contribution >= 4 is 17.7 Å². The van der Waals surface area contributed by atoms with Crippen LogP contribution in [-0.4, -0.2) is 36.1 Å². The first kappa shape index (κ1) is 20.2. The van der Waals surface area contributed by atoms with E-state index >= 15 is 0 Å². The first-order chi connectivity index (χ1) is 15.6. The molecule has 0 aliphatic carbocycles. The minimum absolute atomic E-state index is 0.127. The van der Waals surface area contributed by atoms with E-state index in [4.69, 9.17) is 13.9 Å². The highest BCUT2D eigenvalue weighted by Crippen LogP contribution is 2.54. The van der Waals surface area contributed by atoms with Crippen molar-refractivity contribution in [1.82, 2.24) is 4.90 Å². The number of carbonyl (C=O) groups is 2. The predicted molar refractivity (Wildman–Crippen MR) is 117 cm³/mol. The van der Waals surface area contributed by atoms with Gasteiger partial charge in [0, 0.05) is 12.2 Å². The number of likely N-dealkylation sites (tertiary alicyclic amines) is 1. The molecule has 164 valence electrons. The van der Waals surface area contributed by atoms with E-state index in [1.165, 1.54) is 0 Å². The molecule has 2 fully saturated rings. The van der Waals surface area contributed by atoms with Crippen LogP contribution in [0.1, 0.15) is 30.2 Å². The zero-order valence-corrected chi connectivity index (χ0v) is 17.8. The van der Waals surface area contributed by atoms with Gasteiger partial charge < -0.3 is 13.9 Å². The topological polar surface area (TPSA) is 72.2 Å². The molecule has 1 aromatic heterocycles. The fraction of sp³-hybridized carbons (Fsp3) is 0.280. The molecule has 2 saturated heterocycles. The number of β-lactam (4-membered cyclic amide) rings is 1. The van der Waals surface area contributed by atoms with Crippen LogP contribution in [0.3, 0.4) is 0 Å². The Kier molecular flexibility index (Phi) is 5.09. The number of benzene rings is 2. The molecule has 2 aromatic carbocycles. The van der Waals surface area contributed by atoms with Crippen LogP contribution < -0.4 is 9.64 Å². The highest BCUT2D eigenvalue weighted by atomic mass is 16.6. The number of ether oxygens (including phenoxy) is 2. The number of hydrogen-bond donors (Lipinski definition) is 0. The first-order valence-electron chi connectivity index (χ1n) is 10.6. The lowest BCUT2D eigenvalue weighted by Gasteiger charge is -2.56. The number of carbonyl (C=O) groups excluding carboxylic acids is 2. The predicted octanol–water partition coefficient (Wildman–Crippen LogP) is 4.55. The van der Waals surface area contributed by atoms with Gasteiger partial charge in [-0.3, -0.25) is 14.6 Å². The van der Waals surface area contributed by atoms with Gasteiger partial charge in [0.1, 0.15) is 24.2 Å². The molecule has 0 unspecified atom stereocenters. The Hall–Kier alpha value is -3.74. The van der Waals surface area contributed by atoms with Crippen LogP contribution in [-0.2, 0) is 16.1 Å². The van der Waals surface area contributed by atoms with Crippen LogP contribution >= 0.6 is 0 Å². The van der Waals surface area contributed by atoms with Crippen molar-refractivity contribution in [1.29, 1.82) is 0 Å². The number of methoxy groups -OCH3 is 1. The van der Waals surface area contributed by atoms with E-state index < -0.39 is 17.7 Å². The SMILES string of the molecule is COc1ccc(N2C(=O)[C@]3(CCCN3C(=O)OCc3ccccc3)[C@H]2c2ccco2)cc1. The fourth-order valence-electron chi connectivity index (χ4n) is 4.81. The molecule has 3 aromatic rings. The Bertz CT molecular complexity index is 1100. The van der Waals surface area contributed by atoms with Crippen LogP contribution in [0.5, 0.6) is 5.75 Å². The average molecular weight is 432 g/mol. The number of hydrogen-bond acceptors (Lipinski definition) is 5. The maximum absolute atomic E-state index is 13.6. The molecule has 2 aliphatic heterocycles. The number of rotatable bonds is 5. The lowest BCUT2D eigenvalue weighted by atomic mass is 9.74. The molecule has 0 saturated carbocycles. The van der Waals surface area contributed by atoms with E-state index in [1.807, 2.05) is 60.7 Å². The molecule has 2 amide bonds. The van der Waals surface area contributed by atoms with Gasteiger partial charge >= 0.3 is 6.09 Å². The zero-order chi connectivity index (χ0) is 22.1. The summed E-state index contributed by atoms with van der Waals surface area (Å²) in [6.07, 6.45) is 2.39. The van der Waals surface area contributed by atoms with E-state index in [0.29, 0.717) is 24.5 Å². The molecule has 1 spiro atoms. The molecule has 3 heterocycles. The summed E-state index contributed by atoms with van der Waals surface area (Å²) in [6.45, 7) is 0.626. The van der Waals surface area contributed by atoms with Crippen LogP contribution in [0.2, 0.25) is 0 Å². The summed E-state index contributed by atoms with van der Waals surface area (Å²) in [5.41, 5.74) is 0.620. The molecule has 0 N–H and O–H groups in total. The van der Waals surface area contributed by atoms with E-state index in [-0.39, 0.29) is 12.5 Å². The zero-order valence-electron chi connectivity index (χ0n) is 17.8. The van der Waals surface area contributed by atoms with Crippen molar-refractivity contribution in [3.8, 4) is 5.75 Å². The Balaban J connectivity index is 1.44. The quantitative estimate of drug-likeness (QED) is 0.553. The Morgan fingerprint density at radius 2 is 1.88 bits per heavy atom. The van der Waals surface area contributed by atoms with Gasteiger partial charge in [-0.15, -0.1) is 0 Å². The second-order valence-electron chi connectivity index (χ2n) is 8.01. The molecule has 0 bridgehead atoms. The van der Waals surface area contributed by atoms with Crippen LogP contribution in [0.15, 0.2) is 77.4 Å². The third-order valence-electron chi connectivity index (χ3n) is 6.31. The van der Waals surface area contributed by atoms with Crippen LogP contribution in [0, 0.1) is 0 Å². The highest BCUT2D eigenvalue weighted by Gasteiger charge is 2.69. The third kappa shape index (κ3) is 3.12. The molecule has 7 heteroatoms. The van der Waals surface area contributed by atoms with Gasteiger partial charge in [-0.2, -0.15) is 0 Å². The van der Waals surface area contributed by atoms with E-state index in [2.05, 4.69) is 0 Å².